The number of ether oxygens (including phenoxy) is 1. The van der Waals surface area contributed by atoms with Crippen LogP contribution in [-0.2, 0) is 11.3 Å². The van der Waals surface area contributed by atoms with Crippen molar-refractivity contribution in [3.05, 3.63) is 75.2 Å². The van der Waals surface area contributed by atoms with E-state index in [-0.39, 0.29) is 11.9 Å². The molecule has 0 radical (unpaired) electrons. The molecule has 1 aliphatic rings. The van der Waals surface area contributed by atoms with Crippen molar-refractivity contribution in [1.82, 2.24) is 20.0 Å². The van der Waals surface area contributed by atoms with Crippen LogP contribution in [0.4, 0.5) is 0 Å². The Kier molecular flexibility index (Phi) is 6.61. The number of benzene rings is 1. The second kappa shape index (κ2) is 9.54. The molecule has 1 unspecified atom stereocenters. The molecule has 1 saturated heterocycles. The van der Waals surface area contributed by atoms with Crippen molar-refractivity contribution in [2.45, 2.75) is 12.6 Å². The Morgan fingerprint density at radius 2 is 2.07 bits per heavy atom. The summed E-state index contributed by atoms with van der Waals surface area (Å²) in [6.45, 7) is 4.27. The molecule has 1 aliphatic heterocycles. The van der Waals surface area contributed by atoms with Crippen LogP contribution in [0.25, 0.3) is 0 Å². The summed E-state index contributed by atoms with van der Waals surface area (Å²) in [7, 11) is 0. The van der Waals surface area contributed by atoms with Gasteiger partial charge in [-0.2, -0.15) is 5.10 Å². The highest BCUT2D eigenvalue weighted by Gasteiger charge is 2.24. The van der Waals surface area contributed by atoms with Crippen molar-refractivity contribution >= 4 is 28.8 Å². The lowest BCUT2D eigenvalue weighted by Gasteiger charge is -2.34. The fourth-order valence-corrected chi connectivity index (χ4v) is 4.50. The number of thiophene rings is 1. The Hall–Kier alpha value is -2.19. The van der Waals surface area contributed by atoms with Gasteiger partial charge in [-0.1, -0.05) is 35.9 Å². The zero-order chi connectivity index (χ0) is 20.1. The Bertz CT molecular complexity index is 938. The molecule has 1 fully saturated rings. The first-order chi connectivity index (χ1) is 14.2. The maximum Gasteiger partial charge on any atom is 0.254 e. The molecule has 2 aromatic heterocycles. The van der Waals surface area contributed by atoms with Crippen molar-refractivity contribution in [2.75, 3.05) is 32.8 Å². The van der Waals surface area contributed by atoms with Gasteiger partial charge in [-0.25, -0.2) is 0 Å². The molecule has 3 aromatic rings. The molecule has 1 aromatic carbocycles. The van der Waals surface area contributed by atoms with E-state index in [0.29, 0.717) is 23.7 Å². The maximum absolute atomic E-state index is 12.7. The van der Waals surface area contributed by atoms with Crippen molar-refractivity contribution in [3.8, 4) is 0 Å². The summed E-state index contributed by atoms with van der Waals surface area (Å²) in [5, 5.41) is 10.2. The first-order valence-electron chi connectivity index (χ1n) is 9.60. The van der Waals surface area contributed by atoms with E-state index in [9.17, 15) is 4.79 Å². The largest absolute Gasteiger partial charge is 0.379 e. The van der Waals surface area contributed by atoms with Gasteiger partial charge >= 0.3 is 0 Å². The zero-order valence-electron chi connectivity index (χ0n) is 16.0. The normalized spacial score (nSPS) is 15.9. The first kappa shape index (κ1) is 20.1. The number of carbonyl (C=O) groups is 1. The molecule has 0 spiro atoms. The summed E-state index contributed by atoms with van der Waals surface area (Å²) in [6.07, 6.45) is 3.36. The molecular weight excluding hydrogens is 408 g/mol. The molecule has 4 rings (SSSR count). The molecular formula is C21H23ClN4O2S. The lowest BCUT2D eigenvalue weighted by atomic mass is 10.2. The second-order valence-corrected chi connectivity index (χ2v) is 8.29. The van der Waals surface area contributed by atoms with Crippen LogP contribution in [0, 0.1) is 0 Å². The molecule has 0 aliphatic carbocycles. The predicted octanol–water partition coefficient (Wildman–Crippen LogP) is 3.45. The second-order valence-electron chi connectivity index (χ2n) is 6.91. The van der Waals surface area contributed by atoms with Crippen LogP contribution in [0.1, 0.15) is 26.8 Å². The van der Waals surface area contributed by atoms with Crippen LogP contribution in [-0.4, -0.2) is 53.4 Å². The highest BCUT2D eigenvalue weighted by atomic mass is 35.5. The van der Waals surface area contributed by atoms with E-state index >= 15 is 0 Å². The van der Waals surface area contributed by atoms with Gasteiger partial charge < -0.3 is 10.1 Å². The van der Waals surface area contributed by atoms with Gasteiger partial charge in [0.15, 0.2) is 0 Å². The van der Waals surface area contributed by atoms with Gasteiger partial charge in [0, 0.05) is 35.7 Å². The van der Waals surface area contributed by atoms with Crippen molar-refractivity contribution in [1.29, 1.82) is 0 Å². The van der Waals surface area contributed by atoms with Crippen LogP contribution < -0.4 is 5.32 Å². The number of halogens is 1. The van der Waals surface area contributed by atoms with Crippen molar-refractivity contribution in [3.63, 3.8) is 0 Å². The third-order valence-electron chi connectivity index (χ3n) is 5.00. The minimum atomic E-state index is -0.120. The zero-order valence-corrected chi connectivity index (χ0v) is 17.5. The Morgan fingerprint density at radius 1 is 1.24 bits per heavy atom. The quantitative estimate of drug-likeness (QED) is 0.623. The van der Waals surface area contributed by atoms with E-state index in [2.05, 4.69) is 26.8 Å². The Morgan fingerprint density at radius 3 is 2.83 bits per heavy atom. The van der Waals surface area contributed by atoms with E-state index in [1.807, 2.05) is 30.3 Å². The Balaban J connectivity index is 1.39. The molecule has 0 bridgehead atoms. The number of morpholine rings is 1. The Labute approximate surface area is 179 Å². The van der Waals surface area contributed by atoms with E-state index in [1.54, 1.807) is 28.4 Å². The number of aromatic nitrogens is 2. The molecule has 29 heavy (non-hydrogen) atoms. The summed E-state index contributed by atoms with van der Waals surface area (Å²) in [5.41, 5.74) is 1.51. The average molecular weight is 431 g/mol. The molecule has 1 amide bonds. The monoisotopic (exact) mass is 430 g/mol. The number of rotatable bonds is 7. The van der Waals surface area contributed by atoms with Crippen LogP contribution in [0.2, 0.25) is 5.02 Å². The van der Waals surface area contributed by atoms with Crippen LogP contribution in [0.3, 0.4) is 0 Å². The topological polar surface area (TPSA) is 59.4 Å². The number of nitrogens with zero attached hydrogens (tertiary/aromatic N) is 3. The van der Waals surface area contributed by atoms with Gasteiger partial charge in [0.05, 0.1) is 37.6 Å². The number of hydrogen-bond donors (Lipinski definition) is 1. The minimum absolute atomic E-state index is 0.120. The van der Waals surface area contributed by atoms with E-state index in [0.717, 1.165) is 31.9 Å². The van der Waals surface area contributed by atoms with Crippen LogP contribution >= 0.6 is 22.9 Å². The van der Waals surface area contributed by atoms with Gasteiger partial charge in [0.1, 0.15) is 0 Å². The number of nitrogens with one attached hydrogen (secondary N) is 1. The highest BCUT2D eigenvalue weighted by Crippen LogP contribution is 2.25. The van der Waals surface area contributed by atoms with Gasteiger partial charge in [-0.3, -0.25) is 14.4 Å². The van der Waals surface area contributed by atoms with E-state index in [1.165, 1.54) is 4.88 Å². The minimum Gasteiger partial charge on any atom is -0.379 e. The smallest absolute Gasteiger partial charge is 0.254 e. The first-order valence-corrected chi connectivity index (χ1v) is 10.9. The van der Waals surface area contributed by atoms with Gasteiger partial charge in [0.2, 0.25) is 0 Å². The van der Waals surface area contributed by atoms with Gasteiger partial charge in [0.25, 0.3) is 5.91 Å². The fourth-order valence-electron chi connectivity index (χ4n) is 3.44. The molecule has 1 N–H and O–H groups in total. The summed E-state index contributed by atoms with van der Waals surface area (Å²) < 4.78 is 7.21. The lowest BCUT2D eigenvalue weighted by Crippen LogP contribution is -2.43. The molecule has 0 saturated carbocycles. The molecule has 3 heterocycles. The van der Waals surface area contributed by atoms with E-state index < -0.39 is 0 Å². The van der Waals surface area contributed by atoms with Gasteiger partial charge in [-0.05, 0) is 23.1 Å². The molecule has 152 valence electrons. The molecule has 6 nitrogen and oxygen atoms in total. The fraction of sp³-hybridized carbons (Fsp3) is 0.333. The number of hydrogen-bond acceptors (Lipinski definition) is 5. The summed E-state index contributed by atoms with van der Waals surface area (Å²) in [5.74, 6) is -0.120. The van der Waals surface area contributed by atoms with Crippen molar-refractivity contribution in [2.24, 2.45) is 0 Å². The highest BCUT2D eigenvalue weighted by molar-refractivity contribution is 7.10. The summed E-state index contributed by atoms with van der Waals surface area (Å²) in [6, 6.07) is 12.0. The van der Waals surface area contributed by atoms with E-state index in [4.69, 9.17) is 16.3 Å². The van der Waals surface area contributed by atoms with Gasteiger partial charge in [-0.15, -0.1) is 11.3 Å². The SMILES string of the molecule is O=C(NCC(c1cccs1)N1CCOCC1)c1cnn(Cc2ccccc2Cl)c1. The van der Waals surface area contributed by atoms with Crippen LogP contribution in [0.15, 0.2) is 54.2 Å². The number of carbonyl (C=O) groups excluding carboxylic acids is 1. The maximum atomic E-state index is 12.7. The summed E-state index contributed by atoms with van der Waals surface area (Å²) in [4.78, 5) is 16.3. The average Bonchev–Trinajstić information content (AvgIpc) is 3.43. The van der Waals surface area contributed by atoms with Crippen molar-refractivity contribution < 1.29 is 9.53 Å². The molecule has 8 heteroatoms. The number of amides is 1. The van der Waals surface area contributed by atoms with Crippen LogP contribution in [0.5, 0.6) is 0 Å². The summed E-state index contributed by atoms with van der Waals surface area (Å²) >= 11 is 7.93. The third-order valence-corrected chi connectivity index (χ3v) is 6.34. The standard InChI is InChI=1S/C21H23ClN4O2S/c22-18-5-2-1-4-16(18)14-26-15-17(12-24-26)21(27)23-13-19(20-6-3-11-29-20)25-7-9-28-10-8-25/h1-6,11-12,15,19H,7-10,13-14H2,(H,23,27). The molecule has 1 atom stereocenters. The third kappa shape index (κ3) is 5.05. The predicted molar refractivity (Wildman–Crippen MR) is 115 cm³/mol. The lowest BCUT2D eigenvalue weighted by molar-refractivity contribution is 0.0169.